The topological polar surface area (TPSA) is 91.3 Å². The third kappa shape index (κ3) is 3.05. The molecule has 2 rings (SSSR count). The second-order valence-electron chi connectivity index (χ2n) is 3.20. The lowest BCUT2D eigenvalue weighted by atomic mass is 10.3. The predicted octanol–water partition coefficient (Wildman–Crippen LogP) is 2.22. The van der Waals surface area contributed by atoms with Gasteiger partial charge in [-0.3, -0.25) is 5.32 Å². The van der Waals surface area contributed by atoms with Crippen LogP contribution in [0.4, 0.5) is 9.80 Å². The van der Waals surface area contributed by atoms with Crippen molar-refractivity contribution in [3.8, 4) is 0 Å². The summed E-state index contributed by atoms with van der Waals surface area (Å²) in [7, 11) is 0. The number of carboxylic acid groups (broad SMARTS) is 1. The third-order valence-electron chi connectivity index (χ3n) is 2.01. The number of thiazole rings is 1. The fourth-order valence-electron chi connectivity index (χ4n) is 1.22. The van der Waals surface area contributed by atoms with Crippen LogP contribution in [0.1, 0.15) is 15.4 Å². The van der Waals surface area contributed by atoms with Gasteiger partial charge in [-0.25, -0.2) is 14.6 Å². The molecule has 0 radical (unpaired) electrons. The second kappa shape index (κ2) is 5.61. The minimum Gasteiger partial charge on any atom is -0.478 e. The van der Waals surface area contributed by atoms with E-state index in [9.17, 15) is 9.59 Å². The summed E-state index contributed by atoms with van der Waals surface area (Å²) in [6, 6.07) is 0.999. The number of rotatable bonds is 4. The number of anilines is 1. The van der Waals surface area contributed by atoms with E-state index >= 15 is 0 Å². The molecule has 0 aliphatic rings. The number of aromatic carboxylic acids is 1. The molecule has 94 valence electrons. The summed E-state index contributed by atoms with van der Waals surface area (Å²) in [5.41, 5.74) is 0.0874. The normalized spacial score (nSPS) is 10.0. The van der Waals surface area contributed by atoms with E-state index in [1.807, 2.05) is 5.38 Å². The number of aromatic nitrogens is 1. The molecule has 0 saturated heterocycles. The number of nitrogens with one attached hydrogen (secondary N) is 2. The minimum atomic E-state index is -1.06. The first-order valence-electron chi connectivity index (χ1n) is 4.91. The summed E-state index contributed by atoms with van der Waals surface area (Å²) in [6.07, 6.45) is 1.65. The number of carbonyl (C=O) groups is 2. The van der Waals surface area contributed by atoms with E-state index in [0.717, 1.165) is 16.3 Å². The first-order valence-corrected chi connectivity index (χ1v) is 6.67. The Morgan fingerprint density at radius 2 is 2.17 bits per heavy atom. The van der Waals surface area contributed by atoms with E-state index < -0.39 is 12.0 Å². The van der Waals surface area contributed by atoms with Crippen molar-refractivity contribution in [3.63, 3.8) is 0 Å². The van der Waals surface area contributed by atoms with Crippen LogP contribution in [0, 0.1) is 0 Å². The molecule has 0 atom stereocenters. The Morgan fingerprint density at radius 1 is 1.33 bits per heavy atom. The summed E-state index contributed by atoms with van der Waals surface area (Å²) >= 11 is 2.60. The summed E-state index contributed by atoms with van der Waals surface area (Å²) in [4.78, 5) is 26.4. The van der Waals surface area contributed by atoms with Crippen molar-refractivity contribution in [2.75, 3.05) is 5.32 Å². The highest BCUT2D eigenvalue weighted by molar-refractivity contribution is 7.14. The van der Waals surface area contributed by atoms with Crippen molar-refractivity contribution in [2.24, 2.45) is 0 Å². The number of hydrogen-bond donors (Lipinski definition) is 3. The van der Waals surface area contributed by atoms with Crippen LogP contribution in [0.25, 0.3) is 0 Å². The van der Waals surface area contributed by atoms with Crippen LogP contribution >= 0.6 is 22.7 Å². The van der Waals surface area contributed by atoms with Crippen molar-refractivity contribution in [1.29, 1.82) is 0 Å². The maximum Gasteiger partial charge on any atom is 0.338 e. The zero-order chi connectivity index (χ0) is 13.0. The molecule has 0 aliphatic heterocycles. The van der Waals surface area contributed by atoms with Gasteiger partial charge in [0.2, 0.25) is 0 Å². The van der Waals surface area contributed by atoms with Crippen molar-refractivity contribution in [3.05, 3.63) is 33.6 Å². The average Bonchev–Trinajstić information content (AvgIpc) is 2.96. The third-order valence-corrected chi connectivity index (χ3v) is 3.62. The number of amides is 2. The Bertz CT molecular complexity index is 550. The molecule has 2 aromatic heterocycles. The van der Waals surface area contributed by atoms with Gasteiger partial charge in [-0.15, -0.1) is 22.7 Å². The second-order valence-corrected chi connectivity index (χ2v) is 5.10. The summed E-state index contributed by atoms with van der Waals surface area (Å²) in [5.74, 6) is -1.06. The fraction of sp³-hybridized carbons (Fsp3) is 0.100. The van der Waals surface area contributed by atoms with Gasteiger partial charge in [-0.05, 0) is 11.4 Å². The van der Waals surface area contributed by atoms with E-state index in [4.69, 9.17) is 5.11 Å². The van der Waals surface area contributed by atoms with Crippen LogP contribution in [0.15, 0.2) is 23.0 Å². The first kappa shape index (κ1) is 12.5. The Hall–Kier alpha value is -1.93. The molecule has 2 heterocycles. The predicted molar refractivity (Wildman–Crippen MR) is 69.3 cm³/mol. The Morgan fingerprint density at radius 3 is 2.83 bits per heavy atom. The largest absolute Gasteiger partial charge is 0.478 e. The van der Waals surface area contributed by atoms with Crippen molar-refractivity contribution in [1.82, 2.24) is 10.3 Å². The van der Waals surface area contributed by atoms with Gasteiger partial charge in [0, 0.05) is 11.6 Å². The van der Waals surface area contributed by atoms with Crippen LogP contribution in [0.5, 0.6) is 0 Å². The van der Waals surface area contributed by atoms with Crippen molar-refractivity contribution >= 4 is 39.7 Å². The monoisotopic (exact) mass is 283 g/mol. The van der Waals surface area contributed by atoms with Crippen LogP contribution in [0.3, 0.4) is 0 Å². The number of hydrogen-bond acceptors (Lipinski definition) is 5. The van der Waals surface area contributed by atoms with E-state index in [1.54, 1.807) is 11.6 Å². The lowest BCUT2D eigenvalue weighted by molar-refractivity contribution is 0.0698. The molecule has 8 heteroatoms. The number of carboxylic acids is 1. The van der Waals surface area contributed by atoms with Gasteiger partial charge in [0.25, 0.3) is 0 Å². The van der Waals surface area contributed by atoms with Crippen LogP contribution < -0.4 is 10.6 Å². The Kier molecular flexibility index (Phi) is 3.90. The van der Waals surface area contributed by atoms with E-state index in [2.05, 4.69) is 15.6 Å². The molecule has 18 heavy (non-hydrogen) atoms. The van der Waals surface area contributed by atoms with E-state index in [1.165, 1.54) is 17.4 Å². The molecule has 3 N–H and O–H groups in total. The maximum atomic E-state index is 11.5. The number of carbonyl (C=O) groups excluding carboxylic acids is 1. The van der Waals surface area contributed by atoms with Gasteiger partial charge in [0.15, 0.2) is 0 Å². The molecular formula is C10H9N3O3S2. The molecule has 0 spiro atoms. The Labute approximate surface area is 110 Å². The van der Waals surface area contributed by atoms with Crippen molar-refractivity contribution in [2.45, 2.75) is 6.54 Å². The lowest BCUT2D eigenvalue weighted by Crippen LogP contribution is -2.28. The highest BCUT2D eigenvalue weighted by Gasteiger charge is 2.13. The lowest BCUT2D eigenvalue weighted by Gasteiger charge is -2.05. The molecule has 0 aliphatic carbocycles. The zero-order valence-electron chi connectivity index (χ0n) is 9.04. The van der Waals surface area contributed by atoms with Gasteiger partial charge >= 0.3 is 12.0 Å². The molecule has 0 saturated carbocycles. The molecule has 0 aromatic carbocycles. The molecular weight excluding hydrogens is 274 g/mol. The summed E-state index contributed by atoms with van der Waals surface area (Å²) in [5, 5.41) is 18.5. The van der Waals surface area contributed by atoms with Gasteiger partial charge < -0.3 is 10.4 Å². The van der Waals surface area contributed by atoms with Gasteiger partial charge in [0.05, 0.1) is 12.1 Å². The number of urea groups is 1. The standard InChI is InChI=1S/C10H9N3O3S2/c14-9(15)6-1-3-18-8(6)13-10(16)12-5-7-11-2-4-17-7/h1-4H,5H2,(H,14,15)(H2,12,13,16). The fourth-order valence-corrected chi connectivity index (χ4v) is 2.55. The summed E-state index contributed by atoms with van der Waals surface area (Å²) < 4.78 is 0. The van der Waals surface area contributed by atoms with Crippen molar-refractivity contribution < 1.29 is 14.7 Å². The van der Waals surface area contributed by atoms with Crippen LogP contribution in [0.2, 0.25) is 0 Å². The quantitative estimate of drug-likeness (QED) is 0.802. The Balaban J connectivity index is 1.91. The average molecular weight is 283 g/mol. The molecule has 0 unspecified atom stereocenters. The van der Waals surface area contributed by atoms with E-state index in [0.29, 0.717) is 11.5 Å². The van der Waals surface area contributed by atoms with Gasteiger partial charge in [0.1, 0.15) is 10.0 Å². The highest BCUT2D eigenvalue weighted by Crippen LogP contribution is 2.22. The smallest absolute Gasteiger partial charge is 0.338 e. The van der Waals surface area contributed by atoms with E-state index in [-0.39, 0.29) is 5.56 Å². The minimum absolute atomic E-state index is 0.0874. The van der Waals surface area contributed by atoms with Crippen LogP contribution in [-0.2, 0) is 6.54 Å². The first-order chi connectivity index (χ1) is 8.66. The summed E-state index contributed by atoms with van der Waals surface area (Å²) in [6.45, 7) is 0.317. The van der Waals surface area contributed by atoms with Crippen LogP contribution in [-0.4, -0.2) is 22.1 Å². The van der Waals surface area contributed by atoms with Gasteiger partial charge in [-0.2, -0.15) is 0 Å². The SMILES string of the molecule is O=C(NCc1nccs1)Nc1sccc1C(=O)O. The molecule has 6 nitrogen and oxygen atoms in total. The molecule has 0 fully saturated rings. The molecule has 0 bridgehead atoms. The molecule has 2 amide bonds. The maximum absolute atomic E-state index is 11.5. The highest BCUT2D eigenvalue weighted by atomic mass is 32.1. The number of nitrogens with zero attached hydrogens (tertiary/aromatic N) is 1. The zero-order valence-corrected chi connectivity index (χ0v) is 10.7. The molecule has 2 aromatic rings. The number of thiophene rings is 1. The van der Waals surface area contributed by atoms with Gasteiger partial charge in [-0.1, -0.05) is 0 Å².